The number of nitrogens with zero attached hydrogens (tertiary/aromatic N) is 1. The van der Waals surface area contributed by atoms with Gasteiger partial charge >= 0.3 is 0 Å². The van der Waals surface area contributed by atoms with Crippen LogP contribution in [0.4, 0.5) is 0 Å². The molecule has 1 aromatic rings. The van der Waals surface area contributed by atoms with Crippen molar-refractivity contribution < 1.29 is 14.3 Å². The van der Waals surface area contributed by atoms with E-state index in [0.29, 0.717) is 19.6 Å². The van der Waals surface area contributed by atoms with Crippen LogP contribution in [0.3, 0.4) is 0 Å². The van der Waals surface area contributed by atoms with Crippen LogP contribution in [-0.4, -0.2) is 42.0 Å². The van der Waals surface area contributed by atoms with Crippen molar-refractivity contribution in [2.24, 2.45) is 5.92 Å². The van der Waals surface area contributed by atoms with Gasteiger partial charge in [-0.3, -0.25) is 9.59 Å². The molecule has 0 spiro atoms. The van der Waals surface area contributed by atoms with Crippen molar-refractivity contribution in [3.05, 3.63) is 21.9 Å². The maximum Gasteiger partial charge on any atom is 0.250 e. The van der Waals surface area contributed by atoms with Crippen molar-refractivity contribution in [1.82, 2.24) is 10.2 Å². The van der Waals surface area contributed by atoms with Gasteiger partial charge in [0.2, 0.25) is 11.8 Å². The van der Waals surface area contributed by atoms with Gasteiger partial charge < -0.3 is 15.0 Å². The third kappa shape index (κ3) is 3.64. The minimum Gasteiger partial charge on any atom is -0.368 e. The summed E-state index contributed by atoms with van der Waals surface area (Å²) in [6.07, 6.45) is 2.92. The van der Waals surface area contributed by atoms with E-state index in [-0.39, 0.29) is 17.7 Å². The van der Waals surface area contributed by atoms with E-state index < -0.39 is 12.1 Å². The maximum atomic E-state index is 12.9. The number of ether oxygens (including phenoxy) is 1. The molecule has 2 aliphatic rings. The van der Waals surface area contributed by atoms with Gasteiger partial charge in [-0.05, 0) is 42.2 Å². The Kier molecular flexibility index (Phi) is 5.56. The van der Waals surface area contributed by atoms with E-state index in [2.05, 4.69) is 16.8 Å². The molecule has 3 atom stereocenters. The highest BCUT2D eigenvalue weighted by Crippen LogP contribution is 2.25. The number of hydrogen-bond donors (Lipinski definition) is 1. The lowest BCUT2D eigenvalue weighted by atomic mass is 10.0. The predicted molar refractivity (Wildman–Crippen MR) is 93.8 cm³/mol. The SMILES string of the molecule is CCC[C@H](NC(=O)[C@H]1OCC[C@H]1C)C(=O)N1CCc2sccc2C1. The summed E-state index contributed by atoms with van der Waals surface area (Å²) in [7, 11) is 0. The van der Waals surface area contributed by atoms with E-state index in [1.165, 1.54) is 10.4 Å². The fourth-order valence-corrected chi connectivity index (χ4v) is 4.38. The topological polar surface area (TPSA) is 58.6 Å². The van der Waals surface area contributed by atoms with Crippen molar-refractivity contribution in [2.45, 2.75) is 58.2 Å². The molecule has 2 amide bonds. The molecule has 1 saturated heterocycles. The molecular weight excluding hydrogens is 324 g/mol. The second kappa shape index (κ2) is 7.66. The van der Waals surface area contributed by atoms with Crippen LogP contribution in [0.15, 0.2) is 11.4 Å². The Bertz CT molecular complexity index is 601. The summed E-state index contributed by atoms with van der Waals surface area (Å²) in [5.41, 5.74) is 1.24. The summed E-state index contributed by atoms with van der Waals surface area (Å²) >= 11 is 1.76. The predicted octanol–water partition coefficient (Wildman–Crippen LogP) is 2.34. The average molecular weight is 350 g/mol. The van der Waals surface area contributed by atoms with E-state index in [0.717, 1.165) is 25.8 Å². The van der Waals surface area contributed by atoms with E-state index in [4.69, 9.17) is 4.74 Å². The van der Waals surface area contributed by atoms with Gasteiger partial charge in [-0.25, -0.2) is 0 Å². The van der Waals surface area contributed by atoms with Gasteiger partial charge in [-0.2, -0.15) is 0 Å². The molecule has 0 saturated carbocycles. The van der Waals surface area contributed by atoms with Gasteiger partial charge in [0.25, 0.3) is 0 Å². The molecule has 0 aliphatic carbocycles. The highest BCUT2D eigenvalue weighted by molar-refractivity contribution is 7.10. The molecule has 1 fully saturated rings. The van der Waals surface area contributed by atoms with Crippen molar-refractivity contribution in [3.8, 4) is 0 Å². The Morgan fingerprint density at radius 3 is 3.04 bits per heavy atom. The summed E-state index contributed by atoms with van der Waals surface area (Å²) < 4.78 is 5.53. The molecule has 3 rings (SSSR count). The molecular formula is C18H26N2O3S. The Labute approximate surface area is 147 Å². The monoisotopic (exact) mass is 350 g/mol. The van der Waals surface area contributed by atoms with Crippen LogP contribution < -0.4 is 5.32 Å². The first-order chi connectivity index (χ1) is 11.6. The minimum atomic E-state index is -0.445. The number of carbonyl (C=O) groups excluding carboxylic acids is 2. The van der Waals surface area contributed by atoms with Crippen LogP contribution in [-0.2, 0) is 27.3 Å². The van der Waals surface area contributed by atoms with Crippen molar-refractivity contribution in [2.75, 3.05) is 13.2 Å². The van der Waals surface area contributed by atoms with Gasteiger partial charge in [0, 0.05) is 24.6 Å². The normalized spacial score (nSPS) is 24.5. The van der Waals surface area contributed by atoms with Gasteiger partial charge in [-0.1, -0.05) is 20.3 Å². The molecule has 0 unspecified atom stereocenters. The molecule has 1 aromatic heterocycles. The summed E-state index contributed by atoms with van der Waals surface area (Å²) in [6, 6.07) is 1.65. The van der Waals surface area contributed by atoms with Gasteiger partial charge in [0.1, 0.15) is 12.1 Å². The van der Waals surface area contributed by atoms with E-state index in [1.54, 1.807) is 11.3 Å². The van der Waals surface area contributed by atoms with Crippen LogP contribution >= 0.6 is 11.3 Å². The summed E-state index contributed by atoms with van der Waals surface area (Å²) in [6.45, 7) is 6.08. The molecule has 24 heavy (non-hydrogen) atoms. The molecule has 3 heterocycles. The zero-order chi connectivity index (χ0) is 17.1. The molecule has 132 valence electrons. The van der Waals surface area contributed by atoms with Crippen LogP contribution in [0.5, 0.6) is 0 Å². The van der Waals surface area contributed by atoms with Gasteiger partial charge in [0.05, 0.1) is 0 Å². The van der Waals surface area contributed by atoms with Gasteiger partial charge in [0.15, 0.2) is 0 Å². The molecule has 6 heteroatoms. The first-order valence-corrected chi connectivity index (χ1v) is 9.74. The van der Waals surface area contributed by atoms with Crippen LogP contribution in [0.1, 0.15) is 43.6 Å². The number of nitrogens with one attached hydrogen (secondary N) is 1. The van der Waals surface area contributed by atoms with Crippen LogP contribution in [0.25, 0.3) is 0 Å². The molecule has 0 bridgehead atoms. The van der Waals surface area contributed by atoms with Gasteiger partial charge in [-0.15, -0.1) is 11.3 Å². The first kappa shape index (κ1) is 17.4. The fourth-order valence-electron chi connectivity index (χ4n) is 3.49. The molecule has 0 radical (unpaired) electrons. The largest absolute Gasteiger partial charge is 0.368 e. The molecule has 1 N–H and O–H groups in total. The lowest BCUT2D eigenvalue weighted by Gasteiger charge is -2.31. The number of carbonyl (C=O) groups is 2. The van der Waals surface area contributed by atoms with Crippen molar-refractivity contribution in [3.63, 3.8) is 0 Å². The summed E-state index contributed by atoms with van der Waals surface area (Å²) in [5, 5.41) is 5.04. The highest BCUT2D eigenvalue weighted by atomic mass is 32.1. The Morgan fingerprint density at radius 1 is 1.50 bits per heavy atom. The fraction of sp³-hybridized carbons (Fsp3) is 0.667. The average Bonchev–Trinajstić information content (AvgIpc) is 3.21. The second-order valence-electron chi connectivity index (χ2n) is 6.79. The van der Waals surface area contributed by atoms with E-state index in [1.807, 2.05) is 18.7 Å². The Balaban J connectivity index is 1.64. The number of fused-ring (bicyclic) bond motifs is 1. The first-order valence-electron chi connectivity index (χ1n) is 8.86. The third-order valence-corrected chi connectivity index (χ3v) is 5.98. The molecule has 0 aromatic carbocycles. The zero-order valence-corrected chi connectivity index (χ0v) is 15.2. The Hall–Kier alpha value is -1.40. The number of amides is 2. The minimum absolute atomic E-state index is 0.0349. The molecule has 2 aliphatic heterocycles. The van der Waals surface area contributed by atoms with E-state index >= 15 is 0 Å². The lowest BCUT2D eigenvalue weighted by Crippen LogP contribution is -2.52. The standard InChI is InChI=1S/C18H26N2O3S/c1-3-4-14(19-17(21)16-12(2)6-9-23-16)18(22)20-8-5-15-13(11-20)7-10-24-15/h7,10,12,14,16H,3-6,8-9,11H2,1-2H3,(H,19,21)/t12-,14+,16+/m1/s1. The van der Waals surface area contributed by atoms with Crippen molar-refractivity contribution >= 4 is 23.2 Å². The third-order valence-electron chi connectivity index (χ3n) is 4.96. The van der Waals surface area contributed by atoms with E-state index in [9.17, 15) is 9.59 Å². The van der Waals surface area contributed by atoms with Crippen molar-refractivity contribution in [1.29, 1.82) is 0 Å². The lowest BCUT2D eigenvalue weighted by molar-refractivity contribution is -0.140. The Morgan fingerprint density at radius 2 is 2.33 bits per heavy atom. The molecule has 5 nitrogen and oxygen atoms in total. The maximum absolute atomic E-state index is 12.9. The second-order valence-corrected chi connectivity index (χ2v) is 7.79. The number of rotatable bonds is 5. The summed E-state index contributed by atoms with van der Waals surface area (Å²) in [5.74, 6) is 0.110. The van der Waals surface area contributed by atoms with Crippen LogP contribution in [0, 0.1) is 5.92 Å². The number of hydrogen-bond acceptors (Lipinski definition) is 4. The highest BCUT2D eigenvalue weighted by Gasteiger charge is 2.34. The quantitative estimate of drug-likeness (QED) is 0.887. The zero-order valence-electron chi connectivity index (χ0n) is 14.4. The smallest absolute Gasteiger partial charge is 0.250 e. The summed E-state index contributed by atoms with van der Waals surface area (Å²) in [4.78, 5) is 28.7. The van der Waals surface area contributed by atoms with Crippen LogP contribution in [0.2, 0.25) is 0 Å². The number of thiophene rings is 1.